The lowest BCUT2D eigenvalue weighted by atomic mass is 10.1. The van der Waals surface area contributed by atoms with Gasteiger partial charge >= 0.3 is 0 Å². The van der Waals surface area contributed by atoms with Crippen LogP contribution in [0.2, 0.25) is 5.02 Å². The number of nitrogens with zero attached hydrogens (tertiary/aromatic N) is 1. The Morgan fingerprint density at radius 3 is 2.67 bits per heavy atom. The summed E-state index contributed by atoms with van der Waals surface area (Å²) in [6.07, 6.45) is 2.88. The molecule has 1 amide bonds. The van der Waals surface area contributed by atoms with E-state index in [9.17, 15) is 9.90 Å². The van der Waals surface area contributed by atoms with Crippen LogP contribution in [0.3, 0.4) is 0 Å². The first-order valence-electron chi connectivity index (χ1n) is 10.8. The normalized spacial score (nSPS) is 11.1. The SMILES string of the molecule is O=C(/C=C/c1ccc(-c2ccccc2)o1)NC(=S)Nc1ccc(O)c(-c2nc3cc(Cl)ccc3o2)c1. The fourth-order valence-electron chi connectivity index (χ4n) is 3.47. The number of aromatic hydroxyl groups is 1. The van der Waals surface area contributed by atoms with E-state index in [-0.39, 0.29) is 16.8 Å². The molecule has 3 aromatic carbocycles. The largest absolute Gasteiger partial charge is 0.507 e. The number of phenols is 1. The van der Waals surface area contributed by atoms with Crippen LogP contribution in [0.4, 0.5) is 5.69 Å². The number of anilines is 1. The van der Waals surface area contributed by atoms with Gasteiger partial charge < -0.3 is 19.3 Å². The lowest BCUT2D eigenvalue weighted by Gasteiger charge is -2.09. The zero-order chi connectivity index (χ0) is 25.1. The number of oxazole rings is 1. The van der Waals surface area contributed by atoms with Gasteiger partial charge in [0.1, 0.15) is 22.8 Å². The van der Waals surface area contributed by atoms with Gasteiger partial charge in [-0.25, -0.2) is 4.98 Å². The molecule has 2 heterocycles. The van der Waals surface area contributed by atoms with Crippen LogP contribution in [0.15, 0.2) is 93.8 Å². The Bertz CT molecular complexity index is 1610. The third-order valence-corrected chi connectivity index (χ3v) is 5.59. The molecule has 0 radical (unpaired) electrons. The summed E-state index contributed by atoms with van der Waals surface area (Å²) in [4.78, 5) is 16.7. The van der Waals surface area contributed by atoms with Crippen molar-refractivity contribution in [3.63, 3.8) is 0 Å². The maximum atomic E-state index is 12.3. The summed E-state index contributed by atoms with van der Waals surface area (Å²) in [5.41, 5.74) is 2.93. The molecule has 0 fully saturated rings. The van der Waals surface area contributed by atoms with Gasteiger partial charge in [-0.2, -0.15) is 0 Å². The van der Waals surface area contributed by atoms with Crippen molar-refractivity contribution in [1.29, 1.82) is 0 Å². The van der Waals surface area contributed by atoms with Crippen LogP contribution in [0, 0.1) is 0 Å². The average molecular weight is 516 g/mol. The molecule has 36 heavy (non-hydrogen) atoms. The molecule has 0 aliphatic heterocycles. The standard InChI is InChI=1S/C27H18ClN3O4S/c28-17-6-11-24-21(14-17)30-26(35-24)20-15-18(7-10-22(20)32)29-27(36)31-25(33)13-9-19-8-12-23(34-19)16-4-2-1-3-5-16/h1-15,32H,(H2,29,31,33,36)/b13-9+. The highest BCUT2D eigenvalue weighted by molar-refractivity contribution is 7.80. The van der Waals surface area contributed by atoms with E-state index >= 15 is 0 Å². The molecular weight excluding hydrogens is 498 g/mol. The highest BCUT2D eigenvalue weighted by Gasteiger charge is 2.14. The van der Waals surface area contributed by atoms with Gasteiger partial charge in [-0.3, -0.25) is 10.1 Å². The zero-order valence-corrected chi connectivity index (χ0v) is 20.1. The molecule has 5 rings (SSSR count). The van der Waals surface area contributed by atoms with Crippen molar-refractivity contribution in [3.8, 4) is 28.5 Å². The number of rotatable bonds is 5. The second kappa shape index (κ2) is 10.1. The molecule has 178 valence electrons. The van der Waals surface area contributed by atoms with E-state index in [1.54, 1.807) is 42.5 Å². The molecule has 0 aliphatic carbocycles. The quantitative estimate of drug-likeness (QED) is 0.137. The number of benzene rings is 3. The highest BCUT2D eigenvalue weighted by Crippen LogP contribution is 2.34. The van der Waals surface area contributed by atoms with E-state index in [1.807, 2.05) is 36.4 Å². The number of phenolic OH excluding ortho intramolecular Hbond substituents is 1. The van der Waals surface area contributed by atoms with Gasteiger partial charge in [0.15, 0.2) is 10.7 Å². The van der Waals surface area contributed by atoms with E-state index in [4.69, 9.17) is 32.7 Å². The first-order chi connectivity index (χ1) is 17.4. The number of fused-ring (bicyclic) bond motifs is 1. The molecule has 0 saturated heterocycles. The Morgan fingerprint density at radius 2 is 1.83 bits per heavy atom. The molecule has 0 spiro atoms. The lowest BCUT2D eigenvalue weighted by Crippen LogP contribution is -2.32. The smallest absolute Gasteiger partial charge is 0.250 e. The van der Waals surface area contributed by atoms with Crippen LogP contribution >= 0.6 is 23.8 Å². The Morgan fingerprint density at radius 1 is 1.00 bits per heavy atom. The Balaban J connectivity index is 1.23. The van der Waals surface area contributed by atoms with Crippen molar-refractivity contribution in [2.75, 3.05) is 5.32 Å². The Kier molecular flexibility index (Phi) is 6.53. The van der Waals surface area contributed by atoms with Gasteiger partial charge in [-0.05, 0) is 66.8 Å². The van der Waals surface area contributed by atoms with Crippen LogP contribution in [0.1, 0.15) is 5.76 Å². The van der Waals surface area contributed by atoms with Crippen molar-refractivity contribution in [2.45, 2.75) is 0 Å². The van der Waals surface area contributed by atoms with Crippen molar-refractivity contribution >= 4 is 57.7 Å². The third kappa shape index (κ3) is 5.30. The first kappa shape index (κ1) is 23.3. The van der Waals surface area contributed by atoms with Gasteiger partial charge in [0, 0.05) is 22.3 Å². The highest BCUT2D eigenvalue weighted by atomic mass is 35.5. The first-order valence-corrected chi connectivity index (χ1v) is 11.6. The summed E-state index contributed by atoms with van der Waals surface area (Å²) >= 11 is 11.3. The predicted octanol–water partition coefficient (Wildman–Crippen LogP) is 6.64. The van der Waals surface area contributed by atoms with Crippen LogP contribution in [-0.2, 0) is 4.79 Å². The van der Waals surface area contributed by atoms with Crippen molar-refractivity contribution in [1.82, 2.24) is 10.3 Å². The zero-order valence-electron chi connectivity index (χ0n) is 18.6. The number of amides is 1. The number of carbonyl (C=O) groups is 1. The molecule has 5 aromatic rings. The van der Waals surface area contributed by atoms with E-state index < -0.39 is 5.91 Å². The minimum Gasteiger partial charge on any atom is -0.507 e. The van der Waals surface area contributed by atoms with Crippen molar-refractivity contribution in [2.24, 2.45) is 0 Å². The number of carbonyl (C=O) groups excluding carboxylic acids is 1. The number of thiocarbonyl (C=S) groups is 1. The fraction of sp³-hybridized carbons (Fsp3) is 0. The molecule has 0 unspecified atom stereocenters. The minimum atomic E-state index is -0.431. The average Bonchev–Trinajstić information content (AvgIpc) is 3.51. The van der Waals surface area contributed by atoms with Gasteiger partial charge in [0.2, 0.25) is 11.8 Å². The molecule has 0 aliphatic rings. The van der Waals surface area contributed by atoms with E-state index in [2.05, 4.69) is 15.6 Å². The molecule has 2 aromatic heterocycles. The molecule has 3 N–H and O–H groups in total. The van der Waals surface area contributed by atoms with Gasteiger partial charge in [0.25, 0.3) is 0 Å². The summed E-state index contributed by atoms with van der Waals surface area (Å²) < 4.78 is 11.5. The number of halogens is 1. The molecule has 0 saturated carbocycles. The fourth-order valence-corrected chi connectivity index (χ4v) is 3.86. The van der Waals surface area contributed by atoms with Crippen molar-refractivity contribution in [3.05, 3.63) is 95.7 Å². The third-order valence-electron chi connectivity index (χ3n) is 5.16. The minimum absolute atomic E-state index is 0.0237. The van der Waals surface area contributed by atoms with Crippen LogP contribution in [-0.4, -0.2) is 21.1 Å². The predicted molar refractivity (Wildman–Crippen MR) is 144 cm³/mol. The molecule has 9 heteroatoms. The van der Waals surface area contributed by atoms with Crippen LogP contribution in [0.25, 0.3) is 40.0 Å². The van der Waals surface area contributed by atoms with Gasteiger partial charge in [-0.15, -0.1) is 0 Å². The second-order valence-corrected chi connectivity index (χ2v) is 8.55. The topological polar surface area (TPSA) is 101 Å². The number of hydrogen-bond acceptors (Lipinski definition) is 6. The molecule has 0 bridgehead atoms. The van der Waals surface area contributed by atoms with E-state index in [0.29, 0.717) is 38.9 Å². The van der Waals surface area contributed by atoms with Gasteiger partial charge in [0.05, 0.1) is 5.56 Å². The Hall–Kier alpha value is -4.40. The molecule has 0 atom stereocenters. The van der Waals surface area contributed by atoms with Gasteiger partial charge in [-0.1, -0.05) is 41.9 Å². The van der Waals surface area contributed by atoms with Crippen LogP contribution in [0.5, 0.6) is 5.75 Å². The number of furan rings is 1. The second-order valence-electron chi connectivity index (χ2n) is 7.71. The Labute approximate surface area is 216 Å². The molecular formula is C27H18ClN3O4S. The number of aromatic nitrogens is 1. The monoisotopic (exact) mass is 515 g/mol. The lowest BCUT2D eigenvalue weighted by molar-refractivity contribution is -0.115. The number of hydrogen-bond donors (Lipinski definition) is 3. The van der Waals surface area contributed by atoms with Crippen LogP contribution < -0.4 is 10.6 Å². The van der Waals surface area contributed by atoms with Crippen molar-refractivity contribution < 1.29 is 18.7 Å². The maximum Gasteiger partial charge on any atom is 0.250 e. The molecule has 7 nitrogen and oxygen atoms in total. The summed E-state index contributed by atoms with van der Waals surface area (Å²) in [7, 11) is 0. The van der Waals surface area contributed by atoms with E-state index in [1.165, 1.54) is 12.1 Å². The number of nitrogens with one attached hydrogen (secondary N) is 2. The van der Waals surface area contributed by atoms with E-state index in [0.717, 1.165) is 5.56 Å². The maximum absolute atomic E-state index is 12.3. The summed E-state index contributed by atoms with van der Waals surface area (Å²) in [6.45, 7) is 0. The summed E-state index contributed by atoms with van der Waals surface area (Å²) in [6, 6.07) is 23.1. The summed E-state index contributed by atoms with van der Waals surface area (Å²) in [5.74, 6) is 1.01. The summed E-state index contributed by atoms with van der Waals surface area (Å²) in [5, 5.41) is 16.4.